The molecule has 4 nitrogen and oxygen atoms in total. The van der Waals surface area contributed by atoms with Crippen molar-refractivity contribution in [3.05, 3.63) is 60.2 Å². The molecule has 0 aliphatic carbocycles. The molecule has 0 atom stereocenters. The number of rotatable bonds is 9. The molecule has 1 fully saturated rings. The van der Waals surface area contributed by atoms with Gasteiger partial charge in [-0.15, -0.1) is 0 Å². The fraction of sp³-hybridized carbons (Fsp3) is 0.500. The molecule has 1 N–H and O–H groups in total. The van der Waals surface area contributed by atoms with Crippen LogP contribution < -0.4 is 10.1 Å². The van der Waals surface area contributed by atoms with E-state index in [9.17, 15) is 4.79 Å². The topological polar surface area (TPSA) is 41.6 Å². The lowest BCUT2D eigenvalue weighted by atomic mass is 9.84. The summed E-state index contributed by atoms with van der Waals surface area (Å²) >= 11 is 0. The number of nitrogens with one attached hydrogen (secondary N) is 1. The summed E-state index contributed by atoms with van der Waals surface area (Å²) in [6, 6.07) is 19.1. The van der Waals surface area contributed by atoms with Crippen LogP contribution in [0.1, 0.15) is 58.4 Å². The molecule has 0 aromatic heterocycles. The van der Waals surface area contributed by atoms with Gasteiger partial charge in [-0.05, 0) is 50.1 Å². The number of unbranched alkanes of at least 4 members (excludes halogenated alkanes) is 1. The zero-order chi connectivity index (χ0) is 21.4. The van der Waals surface area contributed by atoms with Gasteiger partial charge in [0.1, 0.15) is 11.4 Å². The van der Waals surface area contributed by atoms with E-state index in [0.717, 1.165) is 56.6 Å². The average molecular weight is 409 g/mol. The normalized spacial score (nSPS) is 16.4. The Morgan fingerprint density at radius 2 is 1.73 bits per heavy atom. The van der Waals surface area contributed by atoms with Gasteiger partial charge in [0, 0.05) is 50.5 Å². The van der Waals surface area contributed by atoms with Gasteiger partial charge >= 0.3 is 0 Å². The summed E-state index contributed by atoms with van der Waals surface area (Å²) in [7, 11) is 0. The van der Waals surface area contributed by atoms with Gasteiger partial charge in [0.2, 0.25) is 5.91 Å². The first-order valence-electron chi connectivity index (χ1n) is 11.4. The van der Waals surface area contributed by atoms with Crippen molar-refractivity contribution in [3.8, 4) is 5.75 Å². The van der Waals surface area contributed by atoms with Crippen LogP contribution in [0.2, 0.25) is 0 Å². The van der Waals surface area contributed by atoms with E-state index >= 15 is 0 Å². The van der Waals surface area contributed by atoms with Crippen molar-refractivity contribution in [2.24, 2.45) is 0 Å². The van der Waals surface area contributed by atoms with Crippen LogP contribution in [0.5, 0.6) is 5.75 Å². The maximum absolute atomic E-state index is 12.0. The van der Waals surface area contributed by atoms with Gasteiger partial charge in [-0.25, -0.2) is 0 Å². The molecular weight excluding hydrogens is 372 g/mol. The minimum Gasteiger partial charge on any atom is -0.487 e. The largest absolute Gasteiger partial charge is 0.487 e. The molecule has 0 spiro atoms. The summed E-state index contributed by atoms with van der Waals surface area (Å²) in [5.74, 6) is 0.947. The number of ether oxygens (including phenoxy) is 1. The first kappa shape index (κ1) is 22.4. The molecule has 2 aromatic rings. The van der Waals surface area contributed by atoms with E-state index in [0.29, 0.717) is 12.5 Å². The molecule has 3 rings (SSSR count). The number of anilines is 1. The van der Waals surface area contributed by atoms with E-state index in [-0.39, 0.29) is 11.5 Å². The van der Waals surface area contributed by atoms with Crippen LogP contribution in [0.15, 0.2) is 54.6 Å². The lowest BCUT2D eigenvalue weighted by Gasteiger charge is -2.43. The fourth-order valence-corrected chi connectivity index (χ4v) is 4.15. The van der Waals surface area contributed by atoms with Crippen LogP contribution in [-0.2, 0) is 11.2 Å². The summed E-state index contributed by atoms with van der Waals surface area (Å²) in [5, 5.41) is 2.97. The Labute approximate surface area is 181 Å². The zero-order valence-electron chi connectivity index (χ0n) is 18.7. The van der Waals surface area contributed by atoms with Crippen LogP contribution in [0.25, 0.3) is 0 Å². The van der Waals surface area contributed by atoms with Crippen molar-refractivity contribution in [1.82, 2.24) is 4.90 Å². The van der Waals surface area contributed by atoms with Crippen LogP contribution >= 0.6 is 0 Å². The van der Waals surface area contributed by atoms with Crippen LogP contribution in [0, 0.1) is 0 Å². The highest BCUT2D eigenvalue weighted by Crippen LogP contribution is 2.33. The van der Waals surface area contributed by atoms with E-state index in [2.05, 4.69) is 61.3 Å². The third-order valence-electron chi connectivity index (χ3n) is 6.04. The maximum Gasteiger partial charge on any atom is 0.224 e. The predicted molar refractivity (Wildman–Crippen MR) is 124 cm³/mol. The first-order valence-corrected chi connectivity index (χ1v) is 11.4. The quantitative estimate of drug-likeness (QED) is 0.580. The monoisotopic (exact) mass is 408 g/mol. The molecular formula is C26H36N2O2. The van der Waals surface area contributed by atoms with Crippen molar-refractivity contribution in [1.29, 1.82) is 0 Å². The number of carbonyl (C=O) groups is 1. The van der Waals surface area contributed by atoms with Crippen molar-refractivity contribution < 1.29 is 9.53 Å². The molecule has 0 bridgehead atoms. The lowest BCUT2D eigenvalue weighted by molar-refractivity contribution is -0.116. The number of carbonyl (C=O) groups excluding carboxylic acids is 1. The first-order chi connectivity index (χ1) is 14.5. The Balaban J connectivity index is 1.69. The minimum atomic E-state index is -0.196. The number of likely N-dealkylation sites (tertiary alicyclic amines) is 1. The van der Waals surface area contributed by atoms with Gasteiger partial charge in [0.15, 0.2) is 0 Å². The predicted octanol–water partition coefficient (Wildman–Crippen LogP) is 5.68. The Morgan fingerprint density at radius 1 is 1.07 bits per heavy atom. The van der Waals surface area contributed by atoms with Crippen molar-refractivity contribution in [2.75, 3.05) is 18.4 Å². The van der Waals surface area contributed by atoms with Crippen LogP contribution in [0.3, 0.4) is 0 Å². The van der Waals surface area contributed by atoms with Gasteiger partial charge in [0.05, 0.1) is 0 Å². The summed E-state index contributed by atoms with van der Waals surface area (Å²) in [6.45, 7) is 8.72. The molecule has 2 aromatic carbocycles. The van der Waals surface area contributed by atoms with E-state index in [1.165, 1.54) is 5.56 Å². The highest BCUT2D eigenvalue weighted by Gasteiger charge is 2.37. The van der Waals surface area contributed by atoms with Crippen molar-refractivity contribution in [3.63, 3.8) is 0 Å². The number of benzene rings is 2. The summed E-state index contributed by atoms with van der Waals surface area (Å²) < 4.78 is 6.66. The van der Waals surface area contributed by atoms with Crippen molar-refractivity contribution >= 4 is 11.6 Å². The highest BCUT2D eigenvalue weighted by atomic mass is 16.5. The minimum absolute atomic E-state index is 0.0760. The van der Waals surface area contributed by atoms with Crippen LogP contribution in [-0.4, -0.2) is 35.5 Å². The number of nitrogens with zero attached hydrogens (tertiary/aromatic N) is 1. The van der Waals surface area contributed by atoms with Gasteiger partial charge in [-0.2, -0.15) is 0 Å². The molecule has 1 aliphatic rings. The van der Waals surface area contributed by atoms with Gasteiger partial charge in [0.25, 0.3) is 0 Å². The van der Waals surface area contributed by atoms with E-state index < -0.39 is 0 Å². The van der Waals surface area contributed by atoms with Crippen molar-refractivity contribution in [2.45, 2.75) is 70.9 Å². The number of hydrogen-bond acceptors (Lipinski definition) is 3. The number of hydrogen-bond donors (Lipinski definition) is 1. The summed E-state index contributed by atoms with van der Waals surface area (Å²) in [5.41, 5.74) is 1.95. The second-order valence-electron chi connectivity index (χ2n) is 8.75. The third-order valence-corrected chi connectivity index (χ3v) is 6.04. The van der Waals surface area contributed by atoms with E-state index in [1.54, 1.807) is 0 Å². The average Bonchev–Trinajstić information content (AvgIpc) is 2.75. The third kappa shape index (κ3) is 6.33. The molecule has 1 aliphatic heterocycles. The molecule has 4 heteroatoms. The molecule has 1 heterocycles. The molecule has 162 valence electrons. The smallest absolute Gasteiger partial charge is 0.224 e. The second kappa shape index (κ2) is 10.6. The highest BCUT2D eigenvalue weighted by molar-refractivity contribution is 5.90. The summed E-state index contributed by atoms with van der Waals surface area (Å²) in [6.07, 6.45) is 5.45. The molecule has 30 heavy (non-hydrogen) atoms. The fourth-order valence-electron chi connectivity index (χ4n) is 4.15. The molecule has 0 radical (unpaired) electrons. The Kier molecular flexibility index (Phi) is 7.92. The van der Waals surface area contributed by atoms with E-state index in [1.807, 2.05) is 24.3 Å². The van der Waals surface area contributed by atoms with E-state index in [4.69, 9.17) is 4.74 Å². The van der Waals surface area contributed by atoms with Gasteiger partial charge in [-0.1, -0.05) is 43.7 Å². The van der Waals surface area contributed by atoms with Gasteiger partial charge < -0.3 is 15.0 Å². The molecule has 0 unspecified atom stereocenters. The SMILES string of the molecule is CCCCC(=O)Nc1ccc(OC2(Cc3ccccc3)CCN(C(C)C)CC2)cc1. The van der Waals surface area contributed by atoms with Gasteiger partial charge in [-0.3, -0.25) is 4.79 Å². The maximum atomic E-state index is 12.0. The summed E-state index contributed by atoms with van der Waals surface area (Å²) in [4.78, 5) is 14.5. The molecule has 0 saturated carbocycles. The Hall–Kier alpha value is -2.33. The standard InChI is InChI=1S/C26H36N2O2/c1-4-5-11-25(29)27-23-12-14-24(15-13-23)30-26(20-22-9-7-6-8-10-22)16-18-28(19-17-26)21(2)3/h6-10,12-15,21H,4-5,11,16-20H2,1-3H3,(H,27,29). The number of piperidine rings is 1. The van der Waals surface area contributed by atoms with Crippen LogP contribution in [0.4, 0.5) is 5.69 Å². The Morgan fingerprint density at radius 3 is 2.33 bits per heavy atom. The zero-order valence-corrected chi connectivity index (χ0v) is 18.7. The molecule has 1 saturated heterocycles. The Bertz CT molecular complexity index is 778. The lowest BCUT2D eigenvalue weighted by Crippen LogP contribution is -2.51. The number of amides is 1. The molecule has 1 amide bonds. The second-order valence-corrected chi connectivity index (χ2v) is 8.75.